The van der Waals surface area contributed by atoms with Gasteiger partial charge in [0.25, 0.3) is 0 Å². The monoisotopic (exact) mass is 328 g/mol. The number of rotatable bonds is 5. The lowest BCUT2D eigenvalue weighted by Crippen LogP contribution is -2.35. The molecular formula is C19H25FN4. The zero-order valence-electron chi connectivity index (χ0n) is 14.4. The van der Waals surface area contributed by atoms with Crippen molar-refractivity contribution in [1.29, 1.82) is 0 Å². The highest BCUT2D eigenvalue weighted by atomic mass is 19.1. The van der Waals surface area contributed by atoms with E-state index in [4.69, 9.17) is 0 Å². The Kier molecular flexibility index (Phi) is 5.28. The number of aryl methyl sites for hydroxylation is 1. The molecule has 0 spiro atoms. The van der Waals surface area contributed by atoms with E-state index in [0.717, 1.165) is 43.1 Å². The molecule has 0 amide bonds. The lowest BCUT2D eigenvalue weighted by molar-refractivity contribution is 0.444. The maximum atomic E-state index is 12.9. The van der Waals surface area contributed by atoms with Crippen LogP contribution in [0.5, 0.6) is 0 Å². The number of aromatic nitrogens is 2. The van der Waals surface area contributed by atoms with Crippen LogP contribution in [0.3, 0.4) is 0 Å². The Labute approximate surface area is 143 Å². The zero-order valence-corrected chi connectivity index (χ0v) is 14.4. The van der Waals surface area contributed by atoms with Gasteiger partial charge in [0.1, 0.15) is 11.6 Å². The second-order valence-corrected chi connectivity index (χ2v) is 6.69. The fourth-order valence-corrected chi connectivity index (χ4v) is 3.16. The molecule has 1 fully saturated rings. The van der Waals surface area contributed by atoms with Crippen molar-refractivity contribution in [1.82, 2.24) is 9.97 Å². The van der Waals surface area contributed by atoms with E-state index in [0.29, 0.717) is 11.9 Å². The molecule has 0 saturated carbocycles. The summed E-state index contributed by atoms with van der Waals surface area (Å²) in [7, 11) is 0. The summed E-state index contributed by atoms with van der Waals surface area (Å²) in [5, 5.41) is 3.30. The number of benzene rings is 1. The summed E-state index contributed by atoms with van der Waals surface area (Å²) in [6, 6.07) is 8.68. The first-order chi connectivity index (χ1) is 11.6. The van der Waals surface area contributed by atoms with E-state index >= 15 is 0 Å². The van der Waals surface area contributed by atoms with Gasteiger partial charge in [-0.25, -0.2) is 9.37 Å². The second-order valence-electron chi connectivity index (χ2n) is 6.69. The topological polar surface area (TPSA) is 41.1 Å². The van der Waals surface area contributed by atoms with Crippen LogP contribution < -0.4 is 10.2 Å². The average molecular weight is 328 g/mol. The van der Waals surface area contributed by atoms with Crippen molar-refractivity contribution in [3.63, 3.8) is 0 Å². The Morgan fingerprint density at radius 2 is 2.04 bits per heavy atom. The van der Waals surface area contributed by atoms with E-state index in [1.807, 2.05) is 19.1 Å². The van der Waals surface area contributed by atoms with Crippen LogP contribution in [0.25, 0.3) is 0 Å². The van der Waals surface area contributed by atoms with Crippen LogP contribution in [0.15, 0.2) is 30.3 Å². The van der Waals surface area contributed by atoms with Crippen molar-refractivity contribution in [3.05, 3.63) is 47.4 Å². The second kappa shape index (κ2) is 7.60. The summed E-state index contributed by atoms with van der Waals surface area (Å²) in [6.07, 6.45) is 3.33. The number of piperidine rings is 1. The van der Waals surface area contributed by atoms with Gasteiger partial charge in [-0.2, -0.15) is 4.98 Å². The van der Waals surface area contributed by atoms with Gasteiger partial charge < -0.3 is 10.2 Å². The summed E-state index contributed by atoms with van der Waals surface area (Å²) in [5.74, 6) is 2.20. The molecule has 1 aromatic carbocycles. The number of halogens is 1. The van der Waals surface area contributed by atoms with Gasteiger partial charge in [-0.05, 0) is 49.8 Å². The number of nitrogens with zero attached hydrogens (tertiary/aromatic N) is 3. The first-order valence-corrected chi connectivity index (χ1v) is 8.69. The van der Waals surface area contributed by atoms with Gasteiger partial charge in [-0.15, -0.1) is 0 Å². The van der Waals surface area contributed by atoms with Crippen molar-refractivity contribution in [2.75, 3.05) is 29.9 Å². The first kappa shape index (κ1) is 16.7. The average Bonchev–Trinajstić information content (AvgIpc) is 2.56. The Hall–Kier alpha value is -2.17. The molecule has 1 N–H and O–H groups in total. The highest BCUT2D eigenvalue weighted by molar-refractivity contribution is 5.45. The van der Waals surface area contributed by atoms with Crippen molar-refractivity contribution in [2.45, 2.75) is 33.1 Å². The molecule has 1 atom stereocenters. The Balaban J connectivity index is 1.62. The van der Waals surface area contributed by atoms with Crippen molar-refractivity contribution < 1.29 is 4.39 Å². The summed E-state index contributed by atoms with van der Waals surface area (Å²) in [4.78, 5) is 11.5. The lowest BCUT2D eigenvalue weighted by atomic mass is 10.0. The van der Waals surface area contributed by atoms with E-state index < -0.39 is 0 Å². The molecule has 3 rings (SSSR count). The van der Waals surface area contributed by atoms with Crippen LogP contribution in [0.4, 0.5) is 16.2 Å². The summed E-state index contributed by atoms with van der Waals surface area (Å²) < 4.78 is 12.9. The van der Waals surface area contributed by atoms with Crippen molar-refractivity contribution in [2.24, 2.45) is 5.92 Å². The highest BCUT2D eigenvalue weighted by Crippen LogP contribution is 2.22. The van der Waals surface area contributed by atoms with Crippen LogP contribution in [0, 0.1) is 18.7 Å². The van der Waals surface area contributed by atoms with E-state index in [2.05, 4.69) is 33.2 Å². The van der Waals surface area contributed by atoms with Crippen LogP contribution in [0.2, 0.25) is 0 Å². The molecule has 24 heavy (non-hydrogen) atoms. The molecule has 1 aliphatic rings. The Morgan fingerprint density at radius 1 is 1.25 bits per heavy atom. The summed E-state index contributed by atoms with van der Waals surface area (Å²) in [5.41, 5.74) is 2.07. The third kappa shape index (κ3) is 4.43. The van der Waals surface area contributed by atoms with Crippen LogP contribution in [-0.2, 0) is 6.42 Å². The fraction of sp³-hybridized carbons (Fsp3) is 0.474. The van der Waals surface area contributed by atoms with E-state index in [-0.39, 0.29) is 5.82 Å². The predicted octanol–water partition coefficient (Wildman–Crippen LogP) is 3.82. The fourth-order valence-electron chi connectivity index (χ4n) is 3.16. The highest BCUT2D eigenvalue weighted by Gasteiger charge is 2.18. The molecule has 2 aromatic rings. The van der Waals surface area contributed by atoms with Gasteiger partial charge in [-0.1, -0.05) is 19.1 Å². The third-order valence-corrected chi connectivity index (χ3v) is 4.43. The zero-order chi connectivity index (χ0) is 16.9. The van der Waals surface area contributed by atoms with Gasteiger partial charge >= 0.3 is 0 Å². The van der Waals surface area contributed by atoms with Gasteiger partial charge in [0.2, 0.25) is 5.95 Å². The number of nitrogens with one attached hydrogen (secondary N) is 1. The maximum Gasteiger partial charge on any atom is 0.224 e. The van der Waals surface area contributed by atoms with Crippen LogP contribution in [-0.4, -0.2) is 29.6 Å². The summed E-state index contributed by atoms with van der Waals surface area (Å²) in [6.45, 7) is 7.15. The minimum absolute atomic E-state index is 0.200. The SMILES string of the molecule is Cc1cc(N2CCCC(C)C2)nc(NCCc2ccc(F)cc2)n1. The molecule has 1 saturated heterocycles. The summed E-state index contributed by atoms with van der Waals surface area (Å²) >= 11 is 0. The molecule has 1 unspecified atom stereocenters. The standard InChI is InChI=1S/C19H25FN4/c1-14-4-3-11-24(13-14)18-12-15(2)22-19(23-18)21-10-9-16-5-7-17(20)8-6-16/h5-8,12,14H,3-4,9-11,13H2,1-2H3,(H,21,22,23). The molecule has 5 heteroatoms. The normalized spacial score (nSPS) is 17.8. The quantitative estimate of drug-likeness (QED) is 0.906. The van der Waals surface area contributed by atoms with E-state index in [1.54, 1.807) is 0 Å². The Bertz CT molecular complexity index is 672. The van der Waals surface area contributed by atoms with Gasteiger partial charge in [0.05, 0.1) is 0 Å². The molecule has 1 aliphatic heterocycles. The molecule has 128 valence electrons. The maximum absolute atomic E-state index is 12.9. The molecule has 2 heterocycles. The van der Waals surface area contributed by atoms with Crippen molar-refractivity contribution >= 4 is 11.8 Å². The molecule has 0 radical (unpaired) electrons. The van der Waals surface area contributed by atoms with Gasteiger partial charge in [0.15, 0.2) is 0 Å². The Morgan fingerprint density at radius 3 is 2.79 bits per heavy atom. The predicted molar refractivity (Wildman–Crippen MR) is 96.0 cm³/mol. The number of hydrogen-bond donors (Lipinski definition) is 1. The number of anilines is 2. The lowest BCUT2D eigenvalue weighted by Gasteiger charge is -2.32. The van der Waals surface area contributed by atoms with E-state index in [1.165, 1.54) is 25.0 Å². The molecule has 4 nitrogen and oxygen atoms in total. The van der Waals surface area contributed by atoms with Crippen molar-refractivity contribution in [3.8, 4) is 0 Å². The minimum atomic E-state index is -0.200. The van der Waals surface area contributed by atoms with Gasteiger partial charge in [0, 0.05) is 31.4 Å². The number of hydrogen-bond acceptors (Lipinski definition) is 4. The first-order valence-electron chi connectivity index (χ1n) is 8.69. The largest absolute Gasteiger partial charge is 0.356 e. The molecule has 1 aromatic heterocycles. The smallest absolute Gasteiger partial charge is 0.224 e. The van der Waals surface area contributed by atoms with Crippen LogP contribution >= 0.6 is 0 Å². The van der Waals surface area contributed by atoms with Crippen LogP contribution in [0.1, 0.15) is 31.0 Å². The third-order valence-electron chi connectivity index (χ3n) is 4.43. The van der Waals surface area contributed by atoms with E-state index in [9.17, 15) is 4.39 Å². The minimum Gasteiger partial charge on any atom is -0.356 e. The molecule has 0 aliphatic carbocycles. The van der Waals surface area contributed by atoms with Gasteiger partial charge in [-0.3, -0.25) is 0 Å². The molecule has 0 bridgehead atoms. The molecular weight excluding hydrogens is 303 g/mol.